The summed E-state index contributed by atoms with van der Waals surface area (Å²) in [6, 6.07) is 7.65. The zero-order valence-corrected chi connectivity index (χ0v) is 16.3. The van der Waals surface area contributed by atoms with Crippen molar-refractivity contribution in [3.63, 3.8) is 0 Å². The van der Waals surface area contributed by atoms with Crippen LogP contribution in [0.15, 0.2) is 24.3 Å². The Morgan fingerprint density at radius 3 is 2.36 bits per heavy atom. The van der Waals surface area contributed by atoms with E-state index in [0.29, 0.717) is 5.92 Å². The third kappa shape index (κ3) is 5.44. The quantitative estimate of drug-likeness (QED) is 0.823. The number of nitrogens with one attached hydrogen (secondary N) is 1. The standard InChI is InChI=1S/C20H33N3O2/c1-15(2)14-22-10-12-23(13-11-22)17(4)20(24)21-16(3)18-8-6-7-9-19(18)25-5/h6-9,15-17H,10-14H2,1-5H3,(H,21,24). The highest BCUT2D eigenvalue weighted by Crippen LogP contribution is 2.24. The van der Waals surface area contributed by atoms with Gasteiger partial charge in [0.1, 0.15) is 5.75 Å². The number of carbonyl (C=O) groups excluding carboxylic acids is 1. The van der Waals surface area contributed by atoms with Crippen LogP contribution in [0.5, 0.6) is 5.75 Å². The third-order valence-corrected chi connectivity index (χ3v) is 4.92. The zero-order valence-electron chi connectivity index (χ0n) is 16.3. The van der Waals surface area contributed by atoms with Crippen molar-refractivity contribution in [3.8, 4) is 5.75 Å². The molecule has 2 rings (SSSR count). The molecule has 1 aromatic carbocycles. The molecule has 1 fully saturated rings. The van der Waals surface area contributed by atoms with Crippen LogP contribution >= 0.6 is 0 Å². The maximum Gasteiger partial charge on any atom is 0.237 e. The van der Waals surface area contributed by atoms with Gasteiger partial charge in [-0.15, -0.1) is 0 Å². The lowest BCUT2D eigenvalue weighted by Gasteiger charge is -2.38. The van der Waals surface area contributed by atoms with E-state index in [1.807, 2.05) is 38.1 Å². The van der Waals surface area contributed by atoms with E-state index in [2.05, 4.69) is 29.0 Å². The number of benzene rings is 1. The van der Waals surface area contributed by atoms with Crippen LogP contribution in [-0.2, 0) is 4.79 Å². The Morgan fingerprint density at radius 2 is 1.76 bits per heavy atom. The third-order valence-electron chi connectivity index (χ3n) is 4.92. The summed E-state index contributed by atoms with van der Waals surface area (Å²) in [4.78, 5) is 17.4. The molecule has 1 N–H and O–H groups in total. The van der Waals surface area contributed by atoms with Crippen molar-refractivity contribution in [2.75, 3.05) is 39.8 Å². The number of methoxy groups -OCH3 is 1. The van der Waals surface area contributed by atoms with Crippen molar-refractivity contribution >= 4 is 5.91 Å². The number of rotatable bonds is 7. The van der Waals surface area contributed by atoms with Crippen LogP contribution < -0.4 is 10.1 Å². The average molecular weight is 348 g/mol. The highest BCUT2D eigenvalue weighted by molar-refractivity contribution is 5.81. The van der Waals surface area contributed by atoms with Gasteiger partial charge < -0.3 is 15.0 Å². The summed E-state index contributed by atoms with van der Waals surface area (Å²) in [5.74, 6) is 1.58. The van der Waals surface area contributed by atoms with Gasteiger partial charge in [0, 0.05) is 38.3 Å². The van der Waals surface area contributed by atoms with Crippen LogP contribution in [-0.4, -0.2) is 61.6 Å². The lowest BCUT2D eigenvalue weighted by molar-refractivity contribution is -0.127. The SMILES string of the molecule is COc1ccccc1C(C)NC(=O)C(C)N1CCN(CC(C)C)CC1. The molecular weight excluding hydrogens is 314 g/mol. The Kier molecular flexibility index (Phi) is 7.26. The first-order chi connectivity index (χ1) is 11.9. The largest absolute Gasteiger partial charge is 0.496 e. The number of nitrogens with zero attached hydrogens (tertiary/aromatic N) is 2. The fraction of sp³-hybridized carbons (Fsp3) is 0.650. The van der Waals surface area contributed by atoms with Gasteiger partial charge in [0.15, 0.2) is 0 Å². The van der Waals surface area contributed by atoms with Gasteiger partial charge in [-0.2, -0.15) is 0 Å². The molecule has 2 atom stereocenters. The Morgan fingerprint density at radius 1 is 1.12 bits per heavy atom. The van der Waals surface area contributed by atoms with Gasteiger partial charge in [-0.1, -0.05) is 32.0 Å². The van der Waals surface area contributed by atoms with Gasteiger partial charge in [0.05, 0.1) is 19.2 Å². The Hall–Kier alpha value is -1.59. The second-order valence-electron chi connectivity index (χ2n) is 7.38. The first kappa shape index (κ1) is 19.7. The van der Waals surface area contributed by atoms with Gasteiger partial charge in [-0.25, -0.2) is 0 Å². The van der Waals surface area contributed by atoms with Crippen LogP contribution in [0.4, 0.5) is 0 Å². The Labute approximate surface area is 152 Å². The molecule has 1 heterocycles. The number of piperazine rings is 1. The molecule has 5 heteroatoms. The van der Waals surface area contributed by atoms with E-state index in [4.69, 9.17) is 4.74 Å². The van der Waals surface area contributed by atoms with Crippen molar-refractivity contribution in [1.82, 2.24) is 15.1 Å². The fourth-order valence-corrected chi connectivity index (χ4v) is 3.45. The molecule has 0 saturated carbocycles. The van der Waals surface area contributed by atoms with Gasteiger partial charge in [-0.3, -0.25) is 9.69 Å². The highest BCUT2D eigenvalue weighted by Gasteiger charge is 2.27. The molecule has 0 radical (unpaired) electrons. The molecule has 1 aliphatic heterocycles. The summed E-state index contributed by atoms with van der Waals surface area (Å²) >= 11 is 0. The molecule has 140 valence electrons. The summed E-state index contributed by atoms with van der Waals surface area (Å²) in [5, 5.41) is 3.14. The maximum absolute atomic E-state index is 12.7. The van der Waals surface area contributed by atoms with Crippen LogP contribution in [0.2, 0.25) is 0 Å². The molecule has 25 heavy (non-hydrogen) atoms. The van der Waals surface area contributed by atoms with Crippen molar-refractivity contribution in [2.45, 2.75) is 39.8 Å². The van der Waals surface area contributed by atoms with Gasteiger partial charge in [0.25, 0.3) is 0 Å². The van der Waals surface area contributed by atoms with E-state index in [1.165, 1.54) is 0 Å². The predicted molar refractivity (Wildman–Crippen MR) is 102 cm³/mol. The predicted octanol–water partition coefficient (Wildman–Crippen LogP) is 2.53. The lowest BCUT2D eigenvalue weighted by Crippen LogP contribution is -2.54. The molecule has 0 aromatic heterocycles. The number of hydrogen-bond donors (Lipinski definition) is 1. The number of carbonyl (C=O) groups is 1. The van der Waals surface area contributed by atoms with Crippen molar-refractivity contribution in [1.29, 1.82) is 0 Å². The number of hydrogen-bond acceptors (Lipinski definition) is 4. The van der Waals surface area contributed by atoms with Crippen molar-refractivity contribution < 1.29 is 9.53 Å². The van der Waals surface area contributed by atoms with Gasteiger partial charge in [-0.05, 0) is 25.8 Å². The van der Waals surface area contributed by atoms with Gasteiger partial charge >= 0.3 is 0 Å². The summed E-state index contributed by atoms with van der Waals surface area (Å²) < 4.78 is 5.40. The topological polar surface area (TPSA) is 44.8 Å². The molecule has 1 amide bonds. The summed E-state index contributed by atoms with van der Waals surface area (Å²) in [6.07, 6.45) is 0. The minimum atomic E-state index is -0.113. The molecule has 0 spiro atoms. The summed E-state index contributed by atoms with van der Waals surface area (Å²) in [7, 11) is 1.66. The maximum atomic E-state index is 12.7. The first-order valence-electron chi connectivity index (χ1n) is 9.32. The number of amides is 1. The van der Waals surface area contributed by atoms with E-state index in [1.54, 1.807) is 7.11 Å². The van der Waals surface area contributed by atoms with E-state index < -0.39 is 0 Å². The van der Waals surface area contributed by atoms with Crippen LogP contribution in [0.25, 0.3) is 0 Å². The molecule has 0 bridgehead atoms. The average Bonchev–Trinajstić information content (AvgIpc) is 2.61. The van der Waals surface area contributed by atoms with Crippen molar-refractivity contribution in [2.24, 2.45) is 5.92 Å². The summed E-state index contributed by atoms with van der Waals surface area (Å²) in [6.45, 7) is 13.6. The van der Waals surface area contributed by atoms with E-state index >= 15 is 0 Å². The minimum absolute atomic E-state index is 0.0756. The molecule has 1 saturated heterocycles. The zero-order chi connectivity index (χ0) is 18.4. The second-order valence-corrected chi connectivity index (χ2v) is 7.38. The molecule has 5 nitrogen and oxygen atoms in total. The molecule has 1 aromatic rings. The van der Waals surface area contributed by atoms with E-state index in [-0.39, 0.29) is 18.0 Å². The lowest BCUT2D eigenvalue weighted by atomic mass is 10.1. The van der Waals surface area contributed by atoms with Gasteiger partial charge in [0.2, 0.25) is 5.91 Å². The Balaban J connectivity index is 1.88. The molecule has 2 unspecified atom stereocenters. The minimum Gasteiger partial charge on any atom is -0.496 e. The molecule has 0 aliphatic carbocycles. The Bertz CT molecular complexity index is 554. The summed E-state index contributed by atoms with van der Waals surface area (Å²) in [5.41, 5.74) is 1.01. The molecular formula is C20H33N3O2. The fourth-order valence-electron chi connectivity index (χ4n) is 3.45. The monoisotopic (exact) mass is 347 g/mol. The highest BCUT2D eigenvalue weighted by atomic mass is 16.5. The molecule has 1 aliphatic rings. The number of para-hydroxylation sites is 1. The second kappa shape index (κ2) is 9.20. The smallest absolute Gasteiger partial charge is 0.237 e. The first-order valence-corrected chi connectivity index (χ1v) is 9.32. The normalized spacial score (nSPS) is 18.8. The van der Waals surface area contributed by atoms with E-state index in [0.717, 1.165) is 44.0 Å². The van der Waals surface area contributed by atoms with Crippen LogP contribution in [0.3, 0.4) is 0 Å². The van der Waals surface area contributed by atoms with Crippen LogP contribution in [0.1, 0.15) is 39.3 Å². The van der Waals surface area contributed by atoms with E-state index in [9.17, 15) is 4.79 Å². The van der Waals surface area contributed by atoms with Crippen molar-refractivity contribution in [3.05, 3.63) is 29.8 Å². The van der Waals surface area contributed by atoms with Crippen LogP contribution in [0, 0.1) is 5.92 Å². The number of ether oxygens (including phenoxy) is 1.